The molecular weight excluding hydrogens is 254 g/mol. The third kappa shape index (κ3) is 2.52. The van der Waals surface area contributed by atoms with Crippen LogP contribution in [0.25, 0.3) is 22.5 Å². The number of aromatic nitrogens is 1. The molecule has 1 N–H and O–H groups in total. The molecule has 1 aromatic heterocycles. The number of hydrogen-bond acceptors (Lipinski definition) is 0. The Balaban J connectivity index is 2.21. The van der Waals surface area contributed by atoms with Gasteiger partial charge in [0.15, 0.2) is 0 Å². The number of nitrogens with one attached hydrogen (secondary N) is 1. The van der Waals surface area contributed by atoms with E-state index in [0.29, 0.717) is 0 Å². The topological polar surface area (TPSA) is 15.8 Å². The van der Waals surface area contributed by atoms with Gasteiger partial charge in [-0.05, 0) is 35.1 Å². The fourth-order valence-corrected chi connectivity index (χ4v) is 3.06. The molecule has 106 valence electrons. The molecule has 0 aliphatic rings. The van der Waals surface area contributed by atoms with Gasteiger partial charge in [0.2, 0.25) is 0 Å². The SMILES string of the molecule is CCc1c(-c2ccccc2)[nH]c(-c2ccccc2)c1CC. The Morgan fingerprint density at radius 3 is 1.33 bits per heavy atom. The third-order valence-corrected chi connectivity index (χ3v) is 4.05. The second-order valence-corrected chi connectivity index (χ2v) is 5.27. The number of aromatic amines is 1. The van der Waals surface area contributed by atoms with Crippen molar-refractivity contribution >= 4 is 0 Å². The first-order valence-corrected chi connectivity index (χ1v) is 7.69. The molecule has 3 rings (SSSR count). The molecule has 0 aliphatic carbocycles. The van der Waals surface area contributed by atoms with E-state index in [-0.39, 0.29) is 0 Å². The zero-order valence-electron chi connectivity index (χ0n) is 12.7. The molecule has 3 aromatic rings. The van der Waals surface area contributed by atoms with Gasteiger partial charge in [0.05, 0.1) is 0 Å². The summed E-state index contributed by atoms with van der Waals surface area (Å²) in [5, 5.41) is 0. The zero-order valence-corrected chi connectivity index (χ0v) is 12.7. The molecule has 1 nitrogen and oxygen atoms in total. The molecule has 2 aromatic carbocycles. The summed E-state index contributed by atoms with van der Waals surface area (Å²) in [7, 11) is 0. The van der Waals surface area contributed by atoms with Crippen LogP contribution in [-0.2, 0) is 12.8 Å². The van der Waals surface area contributed by atoms with Crippen LogP contribution in [0.1, 0.15) is 25.0 Å². The Labute approximate surface area is 126 Å². The second-order valence-electron chi connectivity index (χ2n) is 5.27. The van der Waals surface area contributed by atoms with Crippen molar-refractivity contribution in [3.8, 4) is 22.5 Å². The quantitative estimate of drug-likeness (QED) is 0.649. The van der Waals surface area contributed by atoms with Crippen LogP contribution in [-0.4, -0.2) is 4.98 Å². The maximum Gasteiger partial charge on any atom is 0.0494 e. The molecule has 0 radical (unpaired) electrons. The highest BCUT2D eigenvalue weighted by Gasteiger charge is 2.16. The highest BCUT2D eigenvalue weighted by atomic mass is 14.7. The fraction of sp³-hybridized carbons (Fsp3) is 0.200. The van der Waals surface area contributed by atoms with Crippen molar-refractivity contribution in [3.05, 3.63) is 71.8 Å². The van der Waals surface area contributed by atoms with Gasteiger partial charge in [-0.25, -0.2) is 0 Å². The van der Waals surface area contributed by atoms with Gasteiger partial charge in [-0.3, -0.25) is 0 Å². The standard InChI is InChI=1S/C20H21N/c1-3-17-18(4-2)20(16-13-9-6-10-14-16)21-19(17)15-11-7-5-8-12-15/h5-14,21H,3-4H2,1-2H3. The van der Waals surface area contributed by atoms with E-state index < -0.39 is 0 Å². The van der Waals surface area contributed by atoms with Gasteiger partial charge in [0.25, 0.3) is 0 Å². The number of rotatable bonds is 4. The summed E-state index contributed by atoms with van der Waals surface area (Å²) >= 11 is 0. The molecule has 0 saturated carbocycles. The summed E-state index contributed by atoms with van der Waals surface area (Å²) in [4.78, 5) is 3.68. The van der Waals surface area contributed by atoms with Crippen LogP contribution in [0.5, 0.6) is 0 Å². The molecule has 0 aliphatic heterocycles. The number of H-pyrrole nitrogens is 1. The number of benzene rings is 2. The van der Waals surface area contributed by atoms with Crippen LogP contribution in [0.4, 0.5) is 0 Å². The first-order chi connectivity index (χ1) is 10.3. The maximum absolute atomic E-state index is 3.68. The van der Waals surface area contributed by atoms with E-state index in [0.717, 1.165) is 12.8 Å². The average Bonchev–Trinajstić information content (AvgIpc) is 2.95. The summed E-state index contributed by atoms with van der Waals surface area (Å²) in [5.41, 5.74) is 7.98. The molecular formula is C20H21N. The summed E-state index contributed by atoms with van der Waals surface area (Å²) in [6.07, 6.45) is 2.10. The van der Waals surface area contributed by atoms with E-state index in [9.17, 15) is 0 Å². The minimum absolute atomic E-state index is 1.05. The van der Waals surface area contributed by atoms with Crippen molar-refractivity contribution in [1.29, 1.82) is 0 Å². The lowest BCUT2D eigenvalue weighted by atomic mass is 9.98. The lowest BCUT2D eigenvalue weighted by molar-refractivity contribution is 1.06. The van der Waals surface area contributed by atoms with Crippen molar-refractivity contribution in [3.63, 3.8) is 0 Å². The van der Waals surface area contributed by atoms with Gasteiger partial charge in [-0.15, -0.1) is 0 Å². The first-order valence-electron chi connectivity index (χ1n) is 7.69. The van der Waals surface area contributed by atoms with Gasteiger partial charge in [0.1, 0.15) is 0 Å². The second kappa shape index (κ2) is 6.01. The molecule has 0 fully saturated rings. The highest BCUT2D eigenvalue weighted by molar-refractivity contribution is 5.75. The summed E-state index contributed by atoms with van der Waals surface area (Å²) < 4.78 is 0. The Kier molecular flexibility index (Phi) is 3.92. The molecule has 0 amide bonds. The summed E-state index contributed by atoms with van der Waals surface area (Å²) in [6, 6.07) is 21.3. The van der Waals surface area contributed by atoms with Crippen LogP contribution < -0.4 is 0 Å². The van der Waals surface area contributed by atoms with Crippen LogP contribution in [0, 0.1) is 0 Å². The molecule has 0 bridgehead atoms. The summed E-state index contributed by atoms with van der Waals surface area (Å²) in [5.74, 6) is 0. The van der Waals surface area contributed by atoms with Crippen LogP contribution in [0.3, 0.4) is 0 Å². The van der Waals surface area contributed by atoms with Gasteiger partial charge >= 0.3 is 0 Å². The smallest absolute Gasteiger partial charge is 0.0494 e. The van der Waals surface area contributed by atoms with Gasteiger partial charge in [0, 0.05) is 11.4 Å². The summed E-state index contributed by atoms with van der Waals surface area (Å²) in [6.45, 7) is 4.48. The van der Waals surface area contributed by atoms with Crippen molar-refractivity contribution in [1.82, 2.24) is 4.98 Å². The Morgan fingerprint density at radius 2 is 1.00 bits per heavy atom. The molecule has 1 heterocycles. The normalized spacial score (nSPS) is 10.8. The molecule has 0 saturated heterocycles. The zero-order chi connectivity index (χ0) is 14.7. The average molecular weight is 275 g/mol. The van der Waals surface area contributed by atoms with E-state index in [4.69, 9.17) is 0 Å². The van der Waals surface area contributed by atoms with Gasteiger partial charge < -0.3 is 4.98 Å². The third-order valence-electron chi connectivity index (χ3n) is 4.05. The Hall–Kier alpha value is -2.28. The minimum atomic E-state index is 1.05. The predicted molar refractivity (Wildman–Crippen MR) is 90.4 cm³/mol. The lowest BCUT2D eigenvalue weighted by Gasteiger charge is -2.04. The van der Waals surface area contributed by atoms with Gasteiger partial charge in [-0.2, -0.15) is 0 Å². The lowest BCUT2D eigenvalue weighted by Crippen LogP contribution is -1.89. The van der Waals surface area contributed by atoms with Crippen LogP contribution in [0.15, 0.2) is 60.7 Å². The highest BCUT2D eigenvalue weighted by Crippen LogP contribution is 2.34. The maximum atomic E-state index is 3.68. The first kappa shape index (κ1) is 13.7. The molecule has 0 unspecified atom stereocenters. The van der Waals surface area contributed by atoms with Crippen LogP contribution in [0.2, 0.25) is 0 Å². The van der Waals surface area contributed by atoms with Crippen molar-refractivity contribution < 1.29 is 0 Å². The van der Waals surface area contributed by atoms with Crippen molar-refractivity contribution in [2.75, 3.05) is 0 Å². The van der Waals surface area contributed by atoms with Crippen LogP contribution >= 0.6 is 0 Å². The molecule has 21 heavy (non-hydrogen) atoms. The van der Waals surface area contributed by atoms with E-state index in [1.165, 1.54) is 33.6 Å². The fourth-order valence-electron chi connectivity index (χ4n) is 3.06. The van der Waals surface area contributed by atoms with E-state index in [1.807, 2.05) is 0 Å². The number of hydrogen-bond donors (Lipinski definition) is 1. The molecule has 0 spiro atoms. The minimum Gasteiger partial charge on any atom is -0.354 e. The van der Waals surface area contributed by atoms with E-state index >= 15 is 0 Å². The monoisotopic (exact) mass is 275 g/mol. The van der Waals surface area contributed by atoms with E-state index in [2.05, 4.69) is 79.5 Å². The Morgan fingerprint density at radius 1 is 0.619 bits per heavy atom. The van der Waals surface area contributed by atoms with Crippen molar-refractivity contribution in [2.24, 2.45) is 0 Å². The molecule has 0 atom stereocenters. The van der Waals surface area contributed by atoms with Crippen molar-refractivity contribution in [2.45, 2.75) is 26.7 Å². The largest absolute Gasteiger partial charge is 0.354 e. The Bertz CT molecular complexity index is 646. The molecule has 1 heteroatoms. The predicted octanol–water partition coefficient (Wildman–Crippen LogP) is 5.47. The van der Waals surface area contributed by atoms with E-state index in [1.54, 1.807) is 0 Å². The van der Waals surface area contributed by atoms with Gasteiger partial charge in [-0.1, -0.05) is 74.5 Å².